The number of nitrogens with zero attached hydrogens (tertiary/aromatic N) is 3. The lowest BCUT2D eigenvalue weighted by Gasteiger charge is -2.30. The van der Waals surface area contributed by atoms with Crippen molar-refractivity contribution in [1.82, 2.24) is 19.4 Å². The van der Waals surface area contributed by atoms with E-state index in [1.807, 2.05) is 0 Å². The number of nitrogens with one attached hydrogen (secondary N) is 1. The number of aryl methyl sites for hydroxylation is 1. The van der Waals surface area contributed by atoms with Crippen LogP contribution in [0.4, 0.5) is 0 Å². The Bertz CT molecular complexity index is 476. The van der Waals surface area contributed by atoms with E-state index in [0.717, 1.165) is 25.9 Å². The molecule has 0 bridgehead atoms. The van der Waals surface area contributed by atoms with Crippen LogP contribution in [0.1, 0.15) is 12.8 Å². The average Bonchev–Trinajstić information content (AvgIpc) is 2.77. The smallest absolute Gasteiger partial charge is 0.246 e. The lowest BCUT2D eigenvalue weighted by atomic mass is 10.1. The summed E-state index contributed by atoms with van der Waals surface area (Å²) in [5, 5.41) is 7.12. The Hall–Kier alpha value is -0.920. The van der Waals surface area contributed by atoms with Crippen molar-refractivity contribution < 1.29 is 8.42 Å². The van der Waals surface area contributed by atoms with Crippen molar-refractivity contribution in [2.45, 2.75) is 23.8 Å². The van der Waals surface area contributed by atoms with E-state index in [9.17, 15) is 8.42 Å². The molecule has 0 spiro atoms. The fourth-order valence-electron chi connectivity index (χ4n) is 2.04. The van der Waals surface area contributed by atoms with Crippen LogP contribution < -0.4 is 5.32 Å². The number of likely N-dealkylation sites (N-methyl/N-ethyl adjacent to an activating group) is 1. The van der Waals surface area contributed by atoms with E-state index < -0.39 is 10.0 Å². The van der Waals surface area contributed by atoms with Gasteiger partial charge in [-0.3, -0.25) is 4.68 Å². The molecule has 1 aromatic heterocycles. The first-order valence-corrected chi connectivity index (χ1v) is 7.13. The molecule has 1 atom stereocenters. The molecular weight excluding hydrogens is 240 g/mol. The summed E-state index contributed by atoms with van der Waals surface area (Å²) in [5.74, 6) is 0. The minimum absolute atomic E-state index is 0.0361. The molecule has 0 saturated carbocycles. The van der Waals surface area contributed by atoms with E-state index in [1.165, 1.54) is 21.4 Å². The molecule has 2 heterocycles. The quantitative estimate of drug-likeness (QED) is 0.815. The number of piperidine rings is 1. The second kappa shape index (κ2) is 4.75. The van der Waals surface area contributed by atoms with Gasteiger partial charge in [-0.15, -0.1) is 0 Å². The Balaban J connectivity index is 2.20. The van der Waals surface area contributed by atoms with Gasteiger partial charge in [0.15, 0.2) is 0 Å². The molecule has 1 aromatic rings. The monoisotopic (exact) mass is 258 g/mol. The van der Waals surface area contributed by atoms with Gasteiger partial charge in [-0.05, 0) is 19.4 Å². The Morgan fingerprint density at radius 3 is 2.88 bits per heavy atom. The van der Waals surface area contributed by atoms with Gasteiger partial charge >= 0.3 is 0 Å². The number of hydrogen-bond acceptors (Lipinski definition) is 4. The van der Waals surface area contributed by atoms with E-state index in [4.69, 9.17) is 0 Å². The van der Waals surface area contributed by atoms with Crippen LogP contribution in [0.15, 0.2) is 17.3 Å². The molecule has 6 nitrogen and oxygen atoms in total. The molecule has 0 aliphatic carbocycles. The third-order valence-electron chi connectivity index (χ3n) is 3.14. The number of rotatable bonds is 3. The van der Waals surface area contributed by atoms with Gasteiger partial charge in [0.05, 0.1) is 6.20 Å². The fourth-order valence-corrected chi connectivity index (χ4v) is 3.41. The van der Waals surface area contributed by atoms with Crippen molar-refractivity contribution in [3.05, 3.63) is 12.4 Å². The van der Waals surface area contributed by atoms with Crippen LogP contribution in [0, 0.1) is 0 Å². The van der Waals surface area contributed by atoms with E-state index in [1.54, 1.807) is 14.1 Å². The zero-order chi connectivity index (χ0) is 12.5. The summed E-state index contributed by atoms with van der Waals surface area (Å²) in [7, 11) is -0.0594. The Morgan fingerprint density at radius 1 is 1.59 bits per heavy atom. The second-order valence-electron chi connectivity index (χ2n) is 4.37. The SMILES string of the molecule is CN(C1CCCNC1)S(=O)(=O)c1cnn(C)c1. The molecule has 0 radical (unpaired) electrons. The van der Waals surface area contributed by atoms with Gasteiger partial charge in [-0.1, -0.05) is 0 Å². The highest BCUT2D eigenvalue weighted by atomic mass is 32.2. The van der Waals surface area contributed by atoms with Crippen LogP contribution in [-0.4, -0.2) is 48.7 Å². The third-order valence-corrected chi connectivity index (χ3v) is 5.01. The molecule has 17 heavy (non-hydrogen) atoms. The maximum atomic E-state index is 12.3. The van der Waals surface area contributed by atoms with Gasteiger partial charge < -0.3 is 5.32 Å². The van der Waals surface area contributed by atoms with Crippen LogP contribution in [0.3, 0.4) is 0 Å². The second-order valence-corrected chi connectivity index (χ2v) is 6.37. The maximum Gasteiger partial charge on any atom is 0.246 e. The summed E-state index contributed by atoms with van der Waals surface area (Å²) in [6.07, 6.45) is 4.84. The van der Waals surface area contributed by atoms with E-state index in [0.29, 0.717) is 0 Å². The van der Waals surface area contributed by atoms with E-state index in [-0.39, 0.29) is 10.9 Å². The molecule has 0 amide bonds. The molecule has 1 unspecified atom stereocenters. The highest BCUT2D eigenvalue weighted by molar-refractivity contribution is 7.89. The first-order chi connectivity index (χ1) is 8.01. The number of aromatic nitrogens is 2. The summed E-state index contributed by atoms with van der Waals surface area (Å²) in [6, 6.07) is 0.0361. The van der Waals surface area contributed by atoms with Crippen LogP contribution in [0.25, 0.3) is 0 Å². The highest BCUT2D eigenvalue weighted by Crippen LogP contribution is 2.18. The minimum Gasteiger partial charge on any atom is -0.315 e. The molecule has 1 aliphatic heterocycles. The van der Waals surface area contributed by atoms with Crippen molar-refractivity contribution in [3.63, 3.8) is 0 Å². The predicted molar refractivity (Wildman–Crippen MR) is 64.0 cm³/mol. The summed E-state index contributed by atoms with van der Waals surface area (Å²) in [6.45, 7) is 1.69. The summed E-state index contributed by atoms with van der Waals surface area (Å²) >= 11 is 0. The van der Waals surface area contributed by atoms with E-state index in [2.05, 4.69) is 10.4 Å². The molecule has 0 aromatic carbocycles. The molecule has 96 valence electrons. The lowest BCUT2D eigenvalue weighted by Crippen LogP contribution is -2.46. The van der Waals surface area contributed by atoms with Crippen LogP contribution in [-0.2, 0) is 17.1 Å². The summed E-state index contributed by atoms with van der Waals surface area (Å²) < 4.78 is 27.5. The van der Waals surface area contributed by atoms with Gasteiger partial charge in [0.2, 0.25) is 10.0 Å². The van der Waals surface area contributed by atoms with Crippen molar-refractivity contribution >= 4 is 10.0 Å². The molecule has 1 N–H and O–H groups in total. The molecular formula is C10H18N4O2S. The Morgan fingerprint density at radius 2 is 2.35 bits per heavy atom. The van der Waals surface area contributed by atoms with Gasteiger partial charge in [0, 0.05) is 32.9 Å². The molecule has 1 aliphatic rings. The molecule has 2 rings (SSSR count). The summed E-state index contributed by atoms with van der Waals surface area (Å²) in [4.78, 5) is 0.257. The van der Waals surface area contributed by atoms with Crippen molar-refractivity contribution in [3.8, 4) is 0 Å². The predicted octanol–water partition coefficient (Wildman–Crippen LogP) is -0.207. The first kappa shape index (κ1) is 12.5. The number of sulfonamides is 1. The van der Waals surface area contributed by atoms with Crippen LogP contribution in [0.2, 0.25) is 0 Å². The average molecular weight is 258 g/mol. The number of hydrogen-bond donors (Lipinski definition) is 1. The molecule has 1 fully saturated rings. The van der Waals surface area contributed by atoms with Gasteiger partial charge in [-0.25, -0.2) is 8.42 Å². The zero-order valence-corrected chi connectivity index (χ0v) is 10.9. The zero-order valence-electron chi connectivity index (χ0n) is 10.1. The Kier molecular flexibility index (Phi) is 3.50. The molecule has 1 saturated heterocycles. The van der Waals surface area contributed by atoms with Crippen molar-refractivity contribution in [2.24, 2.45) is 7.05 Å². The van der Waals surface area contributed by atoms with Crippen LogP contribution in [0.5, 0.6) is 0 Å². The minimum atomic E-state index is -3.41. The van der Waals surface area contributed by atoms with Crippen LogP contribution >= 0.6 is 0 Å². The highest BCUT2D eigenvalue weighted by Gasteiger charge is 2.29. The fraction of sp³-hybridized carbons (Fsp3) is 0.700. The van der Waals surface area contributed by atoms with Gasteiger partial charge in [-0.2, -0.15) is 9.40 Å². The molecule has 7 heteroatoms. The third kappa shape index (κ3) is 2.51. The van der Waals surface area contributed by atoms with Gasteiger partial charge in [0.25, 0.3) is 0 Å². The Labute approximate surface area is 102 Å². The first-order valence-electron chi connectivity index (χ1n) is 5.69. The van der Waals surface area contributed by atoms with Crippen molar-refractivity contribution in [2.75, 3.05) is 20.1 Å². The van der Waals surface area contributed by atoms with Crippen molar-refractivity contribution in [1.29, 1.82) is 0 Å². The largest absolute Gasteiger partial charge is 0.315 e. The standard InChI is InChI=1S/C10H18N4O2S/c1-13-8-10(7-12-13)17(15,16)14(2)9-4-3-5-11-6-9/h7-9,11H,3-6H2,1-2H3. The maximum absolute atomic E-state index is 12.3. The lowest BCUT2D eigenvalue weighted by molar-refractivity contribution is 0.300. The topological polar surface area (TPSA) is 67.2 Å². The normalized spacial score (nSPS) is 21.9. The van der Waals surface area contributed by atoms with E-state index >= 15 is 0 Å². The summed E-state index contributed by atoms with van der Waals surface area (Å²) in [5.41, 5.74) is 0. The van der Waals surface area contributed by atoms with Gasteiger partial charge in [0.1, 0.15) is 4.90 Å².